The zero-order chi connectivity index (χ0) is 17.8. The van der Waals surface area contributed by atoms with Gasteiger partial charge in [0.2, 0.25) is 5.91 Å². The van der Waals surface area contributed by atoms with Crippen LogP contribution in [0.15, 0.2) is 53.3 Å². The predicted octanol–water partition coefficient (Wildman–Crippen LogP) is 2.55. The van der Waals surface area contributed by atoms with Gasteiger partial charge in [-0.3, -0.25) is 9.59 Å². The maximum Gasteiger partial charge on any atom is 0.272 e. The van der Waals surface area contributed by atoms with Crippen molar-refractivity contribution in [2.24, 2.45) is 0 Å². The van der Waals surface area contributed by atoms with Crippen LogP contribution in [0.3, 0.4) is 0 Å². The lowest BCUT2D eigenvalue weighted by Crippen LogP contribution is -2.29. The van der Waals surface area contributed by atoms with Crippen LogP contribution < -0.4 is 10.9 Å². The van der Waals surface area contributed by atoms with E-state index in [1.807, 2.05) is 18.2 Å². The Morgan fingerprint density at radius 1 is 1.16 bits per heavy atom. The molecule has 0 saturated carbocycles. The third kappa shape index (κ3) is 3.74. The Balaban J connectivity index is 1.70. The van der Waals surface area contributed by atoms with E-state index >= 15 is 0 Å². The van der Waals surface area contributed by atoms with Crippen LogP contribution in [0.4, 0.5) is 4.39 Å². The number of aryl methyl sites for hydroxylation is 2. The smallest absolute Gasteiger partial charge is 0.272 e. The zero-order valence-corrected chi connectivity index (χ0v) is 13.8. The van der Waals surface area contributed by atoms with Crippen molar-refractivity contribution in [3.63, 3.8) is 0 Å². The number of hydrogen-bond donors (Lipinski definition) is 1. The van der Waals surface area contributed by atoms with Gasteiger partial charge in [0.1, 0.15) is 11.5 Å². The molecule has 128 valence electrons. The number of amides is 1. The van der Waals surface area contributed by atoms with Crippen LogP contribution in [-0.4, -0.2) is 15.5 Å². The van der Waals surface area contributed by atoms with E-state index in [9.17, 15) is 14.0 Å². The summed E-state index contributed by atoms with van der Waals surface area (Å²) in [5, 5.41) is 2.68. The van der Waals surface area contributed by atoms with E-state index in [0.717, 1.165) is 0 Å². The van der Waals surface area contributed by atoms with Gasteiger partial charge in [0.25, 0.3) is 5.56 Å². The number of benzene rings is 2. The molecular formula is C19H18FN3O2. The fourth-order valence-electron chi connectivity index (χ4n) is 2.68. The van der Waals surface area contributed by atoms with Crippen molar-refractivity contribution in [1.82, 2.24) is 14.9 Å². The van der Waals surface area contributed by atoms with E-state index in [1.165, 1.54) is 6.07 Å². The van der Waals surface area contributed by atoms with Crippen LogP contribution in [0.5, 0.6) is 0 Å². The molecule has 1 heterocycles. The number of rotatable bonds is 5. The summed E-state index contributed by atoms with van der Waals surface area (Å²) in [5.74, 6) is -0.594. The fourth-order valence-corrected chi connectivity index (χ4v) is 2.68. The SMILES string of the molecule is Cc1nc2ccccc2n(CCC(=O)NCc2ccccc2F)c1=O. The van der Waals surface area contributed by atoms with Gasteiger partial charge in [-0.25, -0.2) is 9.37 Å². The quantitative estimate of drug-likeness (QED) is 0.777. The normalized spacial score (nSPS) is 10.8. The van der Waals surface area contributed by atoms with Crippen molar-refractivity contribution < 1.29 is 9.18 Å². The summed E-state index contributed by atoms with van der Waals surface area (Å²) in [6.07, 6.45) is 0.127. The van der Waals surface area contributed by atoms with E-state index in [-0.39, 0.29) is 36.8 Å². The van der Waals surface area contributed by atoms with Gasteiger partial charge < -0.3 is 9.88 Å². The Hall–Kier alpha value is -3.02. The highest BCUT2D eigenvalue weighted by Crippen LogP contribution is 2.10. The van der Waals surface area contributed by atoms with Gasteiger partial charge in [-0.1, -0.05) is 30.3 Å². The number of aromatic nitrogens is 2. The van der Waals surface area contributed by atoms with Gasteiger partial charge in [0, 0.05) is 25.1 Å². The van der Waals surface area contributed by atoms with E-state index in [4.69, 9.17) is 0 Å². The Kier molecular flexibility index (Phi) is 4.88. The molecule has 3 aromatic rings. The highest BCUT2D eigenvalue weighted by Gasteiger charge is 2.10. The van der Waals surface area contributed by atoms with E-state index < -0.39 is 0 Å². The summed E-state index contributed by atoms with van der Waals surface area (Å²) in [6.45, 7) is 2.02. The third-order valence-electron chi connectivity index (χ3n) is 4.01. The minimum atomic E-state index is -0.352. The van der Waals surface area contributed by atoms with Crippen LogP contribution in [0.25, 0.3) is 11.0 Å². The molecule has 0 atom stereocenters. The summed E-state index contributed by atoms with van der Waals surface area (Å²) in [7, 11) is 0. The fraction of sp³-hybridized carbons (Fsp3) is 0.211. The molecule has 0 aliphatic rings. The molecule has 2 aromatic carbocycles. The molecule has 1 N–H and O–H groups in total. The maximum absolute atomic E-state index is 13.6. The van der Waals surface area contributed by atoms with Gasteiger partial charge >= 0.3 is 0 Å². The molecule has 0 fully saturated rings. The van der Waals surface area contributed by atoms with Crippen molar-refractivity contribution in [2.45, 2.75) is 26.4 Å². The molecule has 0 bridgehead atoms. The summed E-state index contributed by atoms with van der Waals surface area (Å²) in [4.78, 5) is 28.7. The summed E-state index contributed by atoms with van der Waals surface area (Å²) in [5.41, 5.74) is 2.02. The Morgan fingerprint density at radius 3 is 2.68 bits per heavy atom. The number of nitrogens with one attached hydrogen (secondary N) is 1. The van der Waals surface area contributed by atoms with Crippen LogP contribution in [0, 0.1) is 12.7 Å². The van der Waals surface area contributed by atoms with E-state index in [1.54, 1.807) is 35.8 Å². The minimum Gasteiger partial charge on any atom is -0.352 e. The number of para-hydroxylation sites is 2. The average molecular weight is 339 g/mol. The minimum absolute atomic E-state index is 0.122. The molecule has 0 spiro atoms. The van der Waals surface area contributed by atoms with E-state index in [2.05, 4.69) is 10.3 Å². The molecule has 3 rings (SSSR count). The number of carbonyl (C=O) groups is 1. The molecule has 0 radical (unpaired) electrons. The van der Waals surface area contributed by atoms with E-state index in [0.29, 0.717) is 22.3 Å². The topological polar surface area (TPSA) is 64.0 Å². The van der Waals surface area contributed by atoms with Gasteiger partial charge in [0.05, 0.1) is 11.0 Å². The van der Waals surface area contributed by atoms with Crippen LogP contribution >= 0.6 is 0 Å². The third-order valence-corrected chi connectivity index (χ3v) is 4.01. The molecule has 1 aromatic heterocycles. The molecule has 0 saturated heterocycles. The van der Waals surface area contributed by atoms with Crippen LogP contribution in [0.2, 0.25) is 0 Å². The lowest BCUT2D eigenvalue weighted by Gasteiger charge is -2.11. The number of fused-ring (bicyclic) bond motifs is 1. The van der Waals surface area contributed by atoms with Gasteiger partial charge in [0.15, 0.2) is 0 Å². The Bertz CT molecular complexity index is 982. The average Bonchev–Trinajstić information content (AvgIpc) is 2.61. The number of carbonyl (C=O) groups excluding carboxylic acids is 1. The summed E-state index contributed by atoms with van der Waals surface area (Å²) < 4.78 is 15.1. The van der Waals surface area contributed by atoms with Gasteiger partial charge in [-0.2, -0.15) is 0 Å². The van der Waals surface area contributed by atoms with Crippen molar-refractivity contribution in [3.8, 4) is 0 Å². The second-order valence-corrected chi connectivity index (χ2v) is 5.76. The van der Waals surface area contributed by atoms with Gasteiger partial charge in [-0.05, 0) is 25.1 Å². The maximum atomic E-state index is 13.6. The zero-order valence-electron chi connectivity index (χ0n) is 13.8. The molecule has 5 nitrogen and oxygen atoms in total. The number of halogens is 1. The molecule has 0 aliphatic heterocycles. The molecule has 0 aliphatic carbocycles. The lowest BCUT2D eigenvalue weighted by molar-refractivity contribution is -0.121. The highest BCUT2D eigenvalue weighted by molar-refractivity contribution is 5.77. The lowest BCUT2D eigenvalue weighted by atomic mass is 10.2. The van der Waals surface area contributed by atoms with Crippen molar-refractivity contribution in [1.29, 1.82) is 0 Å². The van der Waals surface area contributed by atoms with Crippen molar-refractivity contribution in [3.05, 3.63) is 76.0 Å². The van der Waals surface area contributed by atoms with Crippen LogP contribution in [-0.2, 0) is 17.9 Å². The summed E-state index contributed by atoms with van der Waals surface area (Å²) >= 11 is 0. The van der Waals surface area contributed by atoms with Crippen molar-refractivity contribution in [2.75, 3.05) is 0 Å². The van der Waals surface area contributed by atoms with Gasteiger partial charge in [-0.15, -0.1) is 0 Å². The second kappa shape index (κ2) is 7.25. The first kappa shape index (κ1) is 16.8. The highest BCUT2D eigenvalue weighted by atomic mass is 19.1. The number of nitrogens with zero attached hydrogens (tertiary/aromatic N) is 2. The summed E-state index contributed by atoms with van der Waals surface area (Å²) in [6, 6.07) is 13.6. The number of hydrogen-bond acceptors (Lipinski definition) is 3. The molecular weight excluding hydrogens is 321 g/mol. The monoisotopic (exact) mass is 339 g/mol. The first-order valence-corrected chi connectivity index (χ1v) is 8.02. The first-order valence-electron chi connectivity index (χ1n) is 8.02. The standard InChI is InChI=1S/C19H18FN3O2/c1-13-19(25)23(17-9-5-4-8-16(17)22-13)11-10-18(24)21-12-14-6-2-3-7-15(14)20/h2-9H,10-12H2,1H3,(H,21,24). The molecule has 6 heteroatoms. The second-order valence-electron chi connectivity index (χ2n) is 5.76. The Labute approximate surface area is 144 Å². The molecule has 25 heavy (non-hydrogen) atoms. The van der Waals surface area contributed by atoms with Crippen molar-refractivity contribution >= 4 is 16.9 Å². The Morgan fingerprint density at radius 2 is 1.88 bits per heavy atom. The largest absolute Gasteiger partial charge is 0.352 e. The van der Waals surface area contributed by atoms with Crippen LogP contribution in [0.1, 0.15) is 17.7 Å². The first-order chi connectivity index (χ1) is 12.1. The molecule has 1 amide bonds. The molecule has 0 unspecified atom stereocenters. The predicted molar refractivity (Wildman–Crippen MR) is 93.6 cm³/mol.